The minimum absolute atomic E-state index is 0.390. The Labute approximate surface area is 124 Å². The predicted molar refractivity (Wildman–Crippen MR) is 82.4 cm³/mol. The highest BCUT2D eigenvalue weighted by Crippen LogP contribution is 2.30. The number of aliphatic carboxylic acids is 1. The Kier molecular flexibility index (Phi) is 7.14. The highest BCUT2D eigenvalue weighted by molar-refractivity contribution is 9.10. The lowest BCUT2D eigenvalue weighted by Crippen LogP contribution is -2.16. The molecular weight excluding hydrogens is 304 g/mol. The van der Waals surface area contributed by atoms with Gasteiger partial charge in [0, 0.05) is 4.47 Å². The first-order chi connectivity index (χ1) is 9.08. The molecule has 0 bridgehead atoms. The van der Waals surface area contributed by atoms with Gasteiger partial charge >= 0.3 is 5.97 Å². The SMILES string of the molecule is CCCCC(CC)CC(C(=O)O)c1cccc(Br)c1. The van der Waals surface area contributed by atoms with Crippen molar-refractivity contribution in [2.24, 2.45) is 5.92 Å². The van der Waals surface area contributed by atoms with Crippen LogP contribution in [0.1, 0.15) is 57.4 Å². The molecule has 0 saturated heterocycles. The predicted octanol–water partition coefficient (Wildman–Crippen LogP) is 5.22. The molecule has 0 aliphatic heterocycles. The third kappa shape index (κ3) is 5.35. The molecule has 19 heavy (non-hydrogen) atoms. The summed E-state index contributed by atoms with van der Waals surface area (Å²) in [6.07, 6.45) is 5.28. The van der Waals surface area contributed by atoms with Crippen molar-refractivity contribution in [1.82, 2.24) is 0 Å². The zero-order valence-corrected chi connectivity index (χ0v) is 13.3. The van der Waals surface area contributed by atoms with Crippen LogP contribution in [0.25, 0.3) is 0 Å². The van der Waals surface area contributed by atoms with E-state index in [-0.39, 0.29) is 5.92 Å². The lowest BCUT2D eigenvalue weighted by molar-refractivity contribution is -0.139. The van der Waals surface area contributed by atoms with Gasteiger partial charge in [-0.3, -0.25) is 4.79 Å². The maximum absolute atomic E-state index is 11.5. The smallest absolute Gasteiger partial charge is 0.310 e. The maximum Gasteiger partial charge on any atom is 0.310 e. The number of halogens is 1. The van der Waals surface area contributed by atoms with Crippen molar-refractivity contribution in [2.45, 2.75) is 51.9 Å². The minimum atomic E-state index is -0.715. The van der Waals surface area contributed by atoms with Gasteiger partial charge in [0.2, 0.25) is 0 Å². The van der Waals surface area contributed by atoms with Crippen molar-refractivity contribution in [3.8, 4) is 0 Å². The Morgan fingerprint density at radius 1 is 1.37 bits per heavy atom. The van der Waals surface area contributed by atoms with Crippen LogP contribution in [0.15, 0.2) is 28.7 Å². The second-order valence-electron chi connectivity index (χ2n) is 5.10. The zero-order valence-electron chi connectivity index (χ0n) is 11.7. The van der Waals surface area contributed by atoms with Gasteiger partial charge in [0.15, 0.2) is 0 Å². The molecule has 106 valence electrons. The lowest BCUT2D eigenvalue weighted by atomic mass is 9.85. The molecule has 0 saturated carbocycles. The quantitative estimate of drug-likeness (QED) is 0.710. The van der Waals surface area contributed by atoms with Crippen LogP contribution in [0, 0.1) is 5.92 Å². The Hall–Kier alpha value is -0.830. The first kappa shape index (κ1) is 16.2. The molecule has 0 aromatic heterocycles. The topological polar surface area (TPSA) is 37.3 Å². The second kappa shape index (κ2) is 8.36. The Morgan fingerprint density at radius 3 is 2.63 bits per heavy atom. The monoisotopic (exact) mass is 326 g/mol. The van der Waals surface area contributed by atoms with Gasteiger partial charge in [0.1, 0.15) is 0 Å². The Bertz CT molecular complexity index is 403. The fraction of sp³-hybridized carbons (Fsp3) is 0.562. The highest BCUT2D eigenvalue weighted by atomic mass is 79.9. The molecule has 0 aliphatic rings. The van der Waals surface area contributed by atoms with Crippen LogP contribution in [0.2, 0.25) is 0 Å². The average Bonchev–Trinajstić information content (AvgIpc) is 2.38. The van der Waals surface area contributed by atoms with Crippen LogP contribution < -0.4 is 0 Å². The maximum atomic E-state index is 11.5. The number of benzene rings is 1. The van der Waals surface area contributed by atoms with Crippen molar-refractivity contribution in [3.63, 3.8) is 0 Å². The summed E-state index contributed by atoms with van der Waals surface area (Å²) < 4.78 is 0.942. The van der Waals surface area contributed by atoms with Gasteiger partial charge in [-0.2, -0.15) is 0 Å². The number of carboxylic acids is 1. The molecule has 2 unspecified atom stereocenters. The first-order valence-corrected chi connectivity index (χ1v) is 7.86. The van der Waals surface area contributed by atoms with Crippen LogP contribution in [0.4, 0.5) is 0 Å². The van der Waals surface area contributed by atoms with Crippen molar-refractivity contribution >= 4 is 21.9 Å². The molecule has 1 aromatic rings. The van der Waals surface area contributed by atoms with E-state index in [1.54, 1.807) is 0 Å². The summed E-state index contributed by atoms with van der Waals surface area (Å²) in [4.78, 5) is 11.5. The molecule has 2 atom stereocenters. The molecule has 0 amide bonds. The van der Waals surface area contributed by atoms with Gasteiger partial charge in [-0.1, -0.05) is 67.6 Å². The second-order valence-corrected chi connectivity index (χ2v) is 6.01. The van der Waals surface area contributed by atoms with Crippen LogP contribution >= 0.6 is 15.9 Å². The summed E-state index contributed by atoms with van der Waals surface area (Å²) in [6, 6.07) is 7.67. The van der Waals surface area contributed by atoms with E-state index in [2.05, 4.69) is 29.8 Å². The van der Waals surface area contributed by atoms with Gasteiger partial charge in [0.05, 0.1) is 5.92 Å². The molecule has 0 heterocycles. The standard InChI is InChI=1S/C16H23BrO2/c1-3-5-7-12(4-2)10-15(16(18)19)13-8-6-9-14(17)11-13/h6,8-9,11-12,15H,3-5,7,10H2,1-2H3,(H,18,19). The van der Waals surface area contributed by atoms with Gasteiger partial charge in [0.25, 0.3) is 0 Å². The van der Waals surface area contributed by atoms with Gasteiger partial charge in [-0.25, -0.2) is 0 Å². The van der Waals surface area contributed by atoms with Crippen LogP contribution in [-0.4, -0.2) is 11.1 Å². The van der Waals surface area contributed by atoms with E-state index in [9.17, 15) is 9.90 Å². The molecule has 3 heteroatoms. The molecule has 2 nitrogen and oxygen atoms in total. The van der Waals surface area contributed by atoms with Crippen LogP contribution in [-0.2, 0) is 4.79 Å². The van der Waals surface area contributed by atoms with E-state index in [1.807, 2.05) is 24.3 Å². The van der Waals surface area contributed by atoms with E-state index in [4.69, 9.17) is 0 Å². The summed E-state index contributed by atoms with van der Waals surface area (Å²) in [7, 11) is 0. The summed E-state index contributed by atoms with van der Waals surface area (Å²) in [5.74, 6) is -0.604. The van der Waals surface area contributed by atoms with Gasteiger partial charge in [-0.05, 0) is 30.0 Å². The number of carboxylic acid groups (broad SMARTS) is 1. The molecule has 1 rings (SSSR count). The fourth-order valence-corrected chi connectivity index (χ4v) is 2.83. The van der Waals surface area contributed by atoms with E-state index < -0.39 is 5.97 Å². The number of hydrogen-bond donors (Lipinski definition) is 1. The summed E-state index contributed by atoms with van der Waals surface area (Å²) >= 11 is 3.41. The summed E-state index contributed by atoms with van der Waals surface area (Å²) in [5, 5.41) is 9.47. The van der Waals surface area contributed by atoms with Gasteiger partial charge in [-0.15, -0.1) is 0 Å². The average molecular weight is 327 g/mol. The number of unbranched alkanes of at least 4 members (excludes halogenated alkanes) is 1. The third-order valence-electron chi connectivity index (χ3n) is 3.66. The molecule has 0 radical (unpaired) electrons. The molecule has 1 aromatic carbocycles. The summed E-state index contributed by atoms with van der Waals surface area (Å²) in [5.41, 5.74) is 0.900. The highest BCUT2D eigenvalue weighted by Gasteiger charge is 2.23. The number of hydrogen-bond acceptors (Lipinski definition) is 1. The van der Waals surface area contributed by atoms with Crippen molar-refractivity contribution < 1.29 is 9.90 Å². The molecule has 0 fully saturated rings. The summed E-state index contributed by atoms with van der Waals surface area (Å²) in [6.45, 7) is 4.33. The minimum Gasteiger partial charge on any atom is -0.481 e. The number of rotatable bonds is 8. The third-order valence-corrected chi connectivity index (χ3v) is 4.15. The van der Waals surface area contributed by atoms with E-state index >= 15 is 0 Å². The molecule has 0 aliphatic carbocycles. The Balaban J connectivity index is 2.80. The van der Waals surface area contributed by atoms with E-state index in [0.29, 0.717) is 5.92 Å². The first-order valence-electron chi connectivity index (χ1n) is 7.06. The van der Waals surface area contributed by atoms with E-state index in [1.165, 1.54) is 12.8 Å². The largest absolute Gasteiger partial charge is 0.481 e. The normalized spacial score (nSPS) is 14.1. The van der Waals surface area contributed by atoms with Crippen molar-refractivity contribution in [3.05, 3.63) is 34.3 Å². The van der Waals surface area contributed by atoms with Gasteiger partial charge < -0.3 is 5.11 Å². The Morgan fingerprint density at radius 2 is 2.11 bits per heavy atom. The molecule has 0 spiro atoms. The van der Waals surface area contributed by atoms with Crippen LogP contribution in [0.3, 0.4) is 0 Å². The number of carbonyl (C=O) groups is 1. The fourth-order valence-electron chi connectivity index (χ4n) is 2.42. The van der Waals surface area contributed by atoms with E-state index in [0.717, 1.165) is 29.3 Å². The molecule has 1 N–H and O–H groups in total. The van der Waals surface area contributed by atoms with Crippen molar-refractivity contribution in [1.29, 1.82) is 0 Å². The lowest BCUT2D eigenvalue weighted by Gasteiger charge is -2.20. The van der Waals surface area contributed by atoms with Crippen molar-refractivity contribution in [2.75, 3.05) is 0 Å². The zero-order chi connectivity index (χ0) is 14.3. The molecular formula is C16H23BrO2. The van der Waals surface area contributed by atoms with Crippen LogP contribution in [0.5, 0.6) is 0 Å².